The van der Waals surface area contributed by atoms with Gasteiger partial charge in [-0.2, -0.15) is 0 Å². The lowest BCUT2D eigenvalue weighted by Gasteiger charge is -2.64. The van der Waals surface area contributed by atoms with Crippen molar-refractivity contribution in [3.8, 4) is 0 Å². The van der Waals surface area contributed by atoms with Crippen LogP contribution in [0.15, 0.2) is 12.2 Å². The van der Waals surface area contributed by atoms with Gasteiger partial charge in [0, 0.05) is 12.3 Å². The average Bonchev–Trinajstić information content (AvgIpc) is 2.78. The number of carboxylic acids is 1. The molecule has 0 aliphatic heterocycles. The van der Waals surface area contributed by atoms with Gasteiger partial charge >= 0.3 is 11.9 Å². The van der Waals surface area contributed by atoms with Gasteiger partial charge in [-0.15, -0.1) is 0 Å². The molecule has 0 heterocycles. The molecule has 0 aromatic heterocycles. The number of carbonyl (C=O) groups is 2. The van der Waals surface area contributed by atoms with Gasteiger partial charge in [0.25, 0.3) is 0 Å². The van der Waals surface area contributed by atoms with E-state index in [1.54, 1.807) is 6.08 Å². The Kier molecular flexibility index (Phi) is 3.95. The largest absolute Gasteiger partial charge is 0.478 e. The minimum atomic E-state index is -1.58. The molecule has 1 spiro atoms. The van der Waals surface area contributed by atoms with Crippen LogP contribution in [0.25, 0.3) is 0 Å². The molecule has 2 bridgehead atoms. The van der Waals surface area contributed by atoms with E-state index < -0.39 is 23.0 Å². The molecule has 4 rings (SSSR count). The van der Waals surface area contributed by atoms with E-state index in [2.05, 4.69) is 19.9 Å². The summed E-state index contributed by atoms with van der Waals surface area (Å²) in [5.41, 5.74) is -1.83. The van der Waals surface area contributed by atoms with Crippen LogP contribution in [0, 0.1) is 39.9 Å². The number of hydrogen-bond donors (Lipinski definition) is 1. The predicted molar refractivity (Wildman–Crippen MR) is 103 cm³/mol. The smallest absolute Gasteiger partial charge is 0.352 e. The maximum Gasteiger partial charge on any atom is 0.352 e. The second kappa shape index (κ2) is 5.61. The van der Waals surface area contributed by atoms with Crippen LogP contribution in [0.5, 0.6) is 0 Å². The van der Waals surface area contributed by atoms with E-state index in [0.717, 1.165) is 18.3 Å². The van der Waals surface area contributed by atoms with Gasteiger partial charge in [-0.1, -0.05) is 33.8 Å². The van der Waals surface area contributed by atoms with Gasteiger partial charge in [0.15, 0.2) is 0 Å². The zero-order chi connectivity index (χ0) is 19.8. The molecular weight excluding hydrogens is 340 g/mol. The van der Waals surface area contributed by atoms with Crippen molar-refractivity contribution in [2.24, 2.45) is 39.9 Å². The van der Waals surface area contributed by atoms with Gasteiger partial charge in [-0.05, 0) is 79.1 Å². The Balaban J connectivity index is 1.81. The number of esters is 1. The monoisotopic (exact) mass is 374 g/mol. The summed E-state index contributed by atoms with van der Waals surface area (Å²) in [4.78, 5) is 24.1. The van der Waals surface area contributed by atoms with E-state index >= 15 is 0 Å². The fraction of sp³-hybridized carbons (Fsp3) is 0.826. The lowest BCUT2D eigenvalue weighted by Crippen LogP contribution is -2.65. The van der Waals surface area contributed by atoms with Crippen LogP contribution in [0.3, 0.4) is 0 Å². The number of fused-ring (bicyclic) bond motifs is 3. The van der Waals surface area contributed by atoms with Crippen molar-refractivity contribution in [1.82, 2.24) is 0 Å². The zero-order valence-electron chi connectivity index (χ0n) is 17.4. The summed E-state index contributed by atoms with van der Waals surface area (Å²) in [6.45, 7) is 10.1. The molecular formula is C23H34O4. The molecule has 4 nitrogen and oxygen atoms in total. The van der Waals surface area contributed by atoms with Gasteiger partial charge in [-0.25, -0.2) is 4.79 Å². The zero-order valence-corrected chi connectivity index (χ0v) is 17.4. The highest BCUT2D eigenvalue weighted by molar-refractivity contribution is 5.85. The molecule has 4 heteroatoms. The maximum absolute atomic E-state index is 12.3. The van der Waals surface area contributed by atoms with E-state index in [0.29, 0.717) is 11.3 Å². The topological polar surface area (TPSA) is 63.6 Å². The molecule has 150 valence electrons. The lowest BCUT2D eigenvalue weighted by molar-refractivity contribution is -0.205. The molecule has 0 radical (unpaired) electrons. The van der Waals surface area contributed by atoms with Crippen molar-refractivity contribution < 1.29 is 19.4 Å². The van der Waals surface area contributed by atoms with Gasteiger partial charge in [0.1, 0.15) is 0 Å². The Morgan fingerprint density at radius 3 is 2.37 bits per heavy atom. The van der Waals surface area contributed by atoms with Crippen molar-refractivity contribution in [1.29, 1.82) is 0 Å². The van der Waals surface area contributed by atoms with Crippen molar-refractivity contribution in [2.75, 3.05) is 0 Å². The molecule has 1 unspecified atom stereocenters. The van der Waals surface area contributed by atoms with Crippen molar-refractivity contribution in [3.63, 3.8) is 0 Å². The fourth-order valence-electron chi connectivity index (χ4n) is 8.23. The number of carboxylic acid groups (broad SMARTS) is 1. The Labute approximate surface area is 162 Å². The Morgan fingerprint density at radius 2 is 1.74 bits per heavy atom. The summed E-state index contributed by atoms with van der Waals surface area (Å²) in [7, 11) is 0. The third-order valence-electron chi connectivity index (χ3n) is 9.33. The van der Waals surface area contributed by atoms with Crippen LogP contribution in [0.4, 0.5) is 0 Å². The Morgan fingerprint density at radius 1 is 1.04 bits per heavy atom. The summed E-state index contributed by atoms with van der Waals surface area (Å²) in [5, 5.41) is 10.1. The molecule has 7 atom stereocenters. The lowest BCUT2D eigenvalue weighted by atomic mass is 9.41. The van der Waals surface area contributed by atoms with Crippen molar-refractivity contribution in [3.05, 3.63) is 12.2 Å². The van der Waals surface area contributed by atoms with Crippen LogP contribution in [-0.4, -0.2) is 22.6 Å². The standard InChI is InChI=1S/C23H34O4/c1-14-12-22-9-8-17-20(3,4)23(19(25)26,27-15(2)24)11-10-21(17,5)18(22)7-6-16(14)13-22/h10-11,14,16-18H,6-9,12-13H2,1-5H3,(H,25,26)/t14-,16-,17+,18-,21+,22+,23?/m1/s1. The highest BCUT2D eigenvalue weighted by Crippen LogP contribution is 2.72. The molecule has 0 saturated heterocycles. The number of ether oxygens (including phenoxy) is 1. The second-order valence-corrected chi connectivity index (χ2v) is 10.8. The first-order valence-electron chi connectivity index (χ1n) is 10.6. The first-order valence-corrected chi connectivity index (χ1v) is 10.6. The summed E-state index contributed by atoms with van der Waals surface area (Å²) in [6.07, 6.45) is 11.3. The first-order chi connectivity index (χ1) is 12.5. The van der Waals surface area contributed by atoms with Crippen LogP contribution in [0.2, 0.25) is 0 Å². The van der Waals surface area contributed by atoms with Crippen molar-refractivity contribution in [2.45, 2.75) is 78.7 Å². The molecule has 27 heavy (non-hydrogen) atoms. The third-order valence-corrected chi connectivity index (χ3v) is 9.33. The minimum Gasteiger partial charge on any atom is -0.478 e. The van der Waals surface area contributed by atoms with E-state index in [-0.39, 0.29) is 11.3 Å². The molecule has 4 aliphatic carbocycles. The highest BCUT2D eigenvalue weighted by atomic mass is 16.6. The highest BCUT2D eigenvalue weighted by Gasteiger charge is 2.68. The summed E-state index contributed by atoms with van der Waals surface area (Å²) in [6, 6.07) is 0. The third kappa shape index (κ3) is 2.28. The van der Waals surface area contributed by atoms with Gasteiger partial charge < -0.3 is 9.84 Å². The van der Waals surface area contributed by atoms with E-state index in [4.69, 9.17) is 4.74 Å². The number of aliphatic carboxylic acids is 1. The van der Waals surface area contributed by atoms with E-state index in [1.165, 1.54) is 39.0 Å². The molecule has 3 saturated carbocycles. The summed E-state index contributed by atoms with van der Waals surface area (Å²) < 4.78 is 5.54. The van der Waals surface area contributed by atoms with Gasteiger partial charge in [0.05, 0.1) is 0 Å². The van der Waals surface area contributed by atoms with Crippen LogP contribution in [0.1, 0.15) is 73.1 Å². The first kappa shape index (κ1) is 19.0. The van der Waals surface area contributed by atoms with Gasteiger partial charge in [0.2, 0.25) is 5.60 Å². The van der Waals surface area contributed by atoms with Crippen molar-refractivity contribution >= 4 is 11.9 Å². The summed E-state index contributed by atoms with van der Waals surface area (Å²) >= 11 is 0. The van der Waals surface area contributed by atoms with E-state index in [9.17, 15) is 14.7 Å². The number of rotatable bonds is 2. The fourth-order valence-corrected chi connectivity index (χ4v) is 8.23. The van der Waals surface area contributed by atoms with Crippen LogP contribution in [-0.2, 0) is 14.3 Å². The van der Waals surface area contributed by atoms with E-state index in [1.807, 2.05) is 13.8 Å². The predicted octanol–water partition coefficient (Wildman–Crippen LogP) is 4.83. The van der Waals surface area contributed by atoms with Crippen LogP contribution < -0.4 is 0 Å². The molecule has 3 fully saturated rings. The maximum atomic E-state index is 12.3. The normalized spacial score (nSPS) is 49.8. The summed E-state index contributed by atoms with van der Waals surface area (Å²) in [5.74, 6) is 0.893. The molecule has 1 N–H and O–H groups in total. The second-order valence-electron chi connectivity index (χ2n) is 10.8. The Bertz CT molecular complexity index is 705. The molecule has 0 aromatic rings. The van der Waals surface area contributed by atoms with Gasteiger partial charge in [-0.3, -0.25) is 4.79 Å². The number of hydrogen-bond acceptors (Lipinski definition) is 3. The number of carbonyl (C=O) groups excluding carboxylic acids is 1. The SMILES string of the molecule is CC(=O)OC1(C(=O)O)C=C[C@@]2(C)[C@@H](CC[C@]34C[C@@H](CC[C@@H]32)[C@H](C)C4)C1(C)C. The quantitative estimate of drug-likeness (QED) is 0.555. The van der Waals surface area contributed by atoms with Crippen LogP contribution >= 0.6 is 0 Å². The molecule has 0 aromatic carbocycles. The molecule has 0 amide bonds. The number of allylic oxidation sites excluding steroid dienone is 1. The molecule has 4 aliphatic rings. The minimum absolute atomic E-state index is 0.0319. The Hall–Kier alpha value is -1.32. The average molecular weight is 375 g/mol.